The number of hydrogen-bond acceptors (Lipinski definition) is 6. The van der Waals surface area contributed by atoms with Gasteiger partial charge in [-0.1, -0.05) is 11.3 Å². The zero-order chi connectivity index (χ0) is 23.2. The van der Waals surface area contributed by atoms with E-state index in [2.05, 4.69) is 35.4 Å². The Bertz CT molecular complexity index is 1400. The summed E-state index contributed by atoms with van der Waals surface area (Å²) in [4.78, 5) is 17.6. The molecule has 172 valence electrons. The molecule has 1 saturated carbocycles. The predicted octanol–water partition coefficient (Wildman–Crippen LogP) is 3.83. The molecule has 4 aromatic rings. The van der Waals surface area contributed by atoms with Crippen LogP contribution < -0.4 is 5.32 Å². The van der Waals surface area contributed by atoms with Gasteiger partial charge in [-0.3, -0.25) is 4.79 Å². The van der Waals surface area contributed by atoms with Gasteiger partial charge in [0.25, 0.3) is 5.91 Å². The SMILES string of the molecule is Cc1cc(F)c(C(=O)Nc2cccc(-c3nnc4n3CCCC4)n2)cc1-n1cc(C2CC2)nn1. The Kier molecular flexibility index (Phi) is 4.93. The summed E-state index contributed by atoms with van der Waals surface area (Å²) in [6, 6.07) is 8.13. The molecule has 1 N–H and O–H groups in total. The molecule has 2 aliphatic rings. The van der Waals surface area contributed by atoms with Gasteiger partial charge in [-0.15, -0.1) is 15.3 Å². The molecule has 3 aromatic heterocycles. The van der Waals surface area contributed by atoms with Gasteiger partial charge in [-0.05, 0) is 62.4 Å². The van der Waals surface area contributed by atoms with Gasteiger partial charge in [0, 0.05) is 18.9 Å². The second-order valence-corrected chi connectivity index (χ2v) is 8.89. The lowest BCUT2D eigenvalue weighted by molar-refractivity contribution is 0.102. The van der Waals surface area contributed by atoms with Crippen molar-refractivity contribution in [2.75, 3.05) is 5.32 Å². The second-order valence-electron chi connectivity index (χ2n) is 8.89. The standard InChI is InChI=1S/C24H23FN8O/c1-14-11-17(25)16(12-20(14)33-13-19(28-31-33)15-8-9-15)24(34)27-21-6-4-5-18(26-21)23-30-29-22-7-2-3-10-32(22)23/h4-6,11-13,15H,2-3,7-10H2,1H3,(H,26,27,34). The van der Waals surface area contributed by atoms with Crippen LogP contribution in [0, 0.1) is 12.7 Å². The summed E-state index contributed by atoms with van der Waals surface area (Å²) in [6.45, 7) is 2.63. The van der Waals surface area contributed by atoms with Crippen LogP contribution in [0.4, 0.5) is 10.2 Å². The fraction of sp³-hybridized carbons (Fsp3) is 0.333. The van der Waals surface area contributed by atoms with Crippen molar-refractivity contribution in [3.8, 4) is 17.2 Å². The van der Waals surface area contributed by atoms with Crippen molar-refractivity contribution in [3.05, 3.63) is 65.0 Å². The topological polar surface area (TPSA) is 103 Å². The number of anilines is 1. The number of fused-ring (bicyclic) bond motifs is 1. The molecule has 9 nitrogen and oxygen atoms in total. The number of aromatic nitrogens is 7. The lowest BCUT2D eigenvalue weighted by atomic mass is 10.1. The Morgan fingerprint density at radius 2 is 2.03 bits per heavy atom. The molecule has 0 bridgehead atoms. The highest BCUT2D eigenvalue weighted by Crippen LogP contribution is 2.39. The molecule has 0 saturated heterocycles. The van der Waals surface area contributed by atoms with Gasteiger partial charge in [-0.25, -0.2) is 14.1 Å². The van der Waals surface area contributed by atoms with Gasteiger partial charge < -0.3 is 9.88 Å². The minimum Gasteiger partial charge on any atom is -0.310 e. The van der Waals surface area contributed by atoms with Crippen molar-refractivity contribution < 1.29 is 9.18 Å². The number of aryl methyl sites for hydroxylation is 2. The van der Waals surface area contributed by atoms with Crippen LogP contribution in [0.15, 0.2) is 36.5 Å². The first kappa shape index (κ1) is 20.6. The van der Waals surface area contributed by atoms with Gasteiger partial charge >= 0.3 is 0 Å². The quantitative estimate of drug-likeness (QED) is 0.487. The molecule has 4 heterocycles. The number of amides is 1. The zero-order valence-electron chi connectivity index (χ0n) is 18.7. The fourth-order valence-corrected chi connectivity index (χ4v) is 4.35. The lowest BCUT2D eigenvalue weighted by Crippen LogP contribution is -2.16. The summed E-state index contributed by atoms with van der Waals surface area (Å²) < 4.78 is 18.5. The molecule has 1 aromatic carbocycles. The summed E-state index contributed by atoms with van der Waals surface area (Å²) in [7, 11) is 0. The van der Waals surface area contributed by atoms with E-state index in [4.69, 9.17) is 0 Å². The first-order valence-electron chi connectivity index (χ1n) is 11.5. The molecule has 0 radical (unpaired) electrons. The van der Waals surface area contributed by atoms with Crippen LogP contribution in [-0.4, -0.2) is 40.6 Å². The number of carbonyl (C=O) groups is 1. The van der Waals surface area contributed by atoms with E-state index < -0.39 is 11.7 Å². The molecule has 0 unspecified atom stereocenters. The molecule has 1 fully saturated rings. The van der Waals surface area contributed by atoms with E-state index >= 15 is 0 Å². The first-order valence-corrected chi connectivity index (χ1v) is 11.5. The first-order chi connectivity index (χ1) is 16.6. The van der Waals surface area contributed by atoms with E-state index in [1.54, 1.807) is 23.7 Å². The van der Waals surface area contributed by atoms with E-state index in [0.29, 0.717) is 34.5 Å². The maximum absolute atomic E-state index is 14.8. The summed E-state index contributed by atoms with van der Waals surface area (Å²) in [5.41, 5.74) is 2.72. The van der Waals surface area contributed by atoms with E-state index in [1.807, 2.05) is 12.3 Å². The number of rotatable bonds is 5. The number of nitrogens with one attached hydrogen (secondary N) is 1. The summed E-state index contributed by atoms with van der Waals surface area (Å²) >= 11 is 0. The third kappa shape index (κ3) is 3.74. The van der Waals surface area contributed by atoms with Crippen molar-refractivity contribution in [3.63, 3.8) is 0 Å². The number of pyridine rings is 1. The second kappa shape index (κ2) is 8.12. The highest BCUT2D eigenvalue weighted by molar-refractivity contribution is 6.04. The summed E-state index contributed by atoms with van der Waals surface area (Å²) in [5.74, 6) is 1.19. The Labute approximate surface area is 195 Å². The molecule has 0 spiro atoms. The summed E-state index contributed by atoms with van der Waals surface area (Å²) in [6.07, 6.45) is 7.13. The van der Waals surface area contributed by atoms with Crippen molar-refractivity contribution in [2.45, 2.75) is 51.5 Å². The number of hydrogen-bond donors (Lipinski definition) is 1. The third-order valence-corrected chi connectivity index (χ3v) is 6.36. The highest BCUT2D eigenvalue weighted by atomic mass is 19.1. The normalized spacial score (nSPS) is 15.2. The zero-order valence-corrected chi connectivity index (χ0v) is 18.7. The van der Waals surface area contributed by atoms with E-state index in [0.717, 1.165) is 50.2 Å². The molecule has 34 heavy (non-hydrogen) atoms. The Morgan fingerprint density at radius 1 is 1.15 bits per heavy atom. The van der Waals surface area contributed by atoms with Crippen molar-refractivity contribution in [2.24, 2.45) is 0 Å². The molecule has 1 amide bonds. The summed E-state index contributed by atoms with van der Waals surface area (Å²) in [5, 5.41) is 19.7. The number of benzene rings is 1. The average molecular weight is 459 g/mol. The molecular weight excluding hydrogens is 435 g/mol. The monoisotopic (exact) mass is 458 g/mol. The molecule has 0 atom stereocenters. The Hall–Kier alpha value is -3.95. The van der Waals surface area contributed by atoms with E-state index in [1.165, 1.54) is 12.1 Å². The molecular formula is C24H23FN8O. The van der Waals surface area contributed by atoms with Crippen LogP contribution in [0.5, 0.6) is 0 Å². The van der Waals surface area contributed by atoms with Crippen LogP contribution in [0.2, 0.25) is 0 Å². The van der Waals surface area contributed by atoms with Gasteiger partial charge in [0.1, 0.15) is 23.2 Å². The van der Waals surface area contributed by atoms with E-state index in [9.17, 15) is 9.18 Å². The van der Waals surface area contributed by atoms with Gasteiger partial charge in [0.05, 0.1) is 23.1 Å². The number of carbonyl (C=O) groups excluding carboxylic acids is 1. The van der Waals surface area contributed by atoms with E-state index in [-0.39, 0.29) is 5.56 Å². The van der Waals surface area contributed by atoms with Crippen LogP contribution in [0.1, 0.15) is 59.0 Å². The molecule has 6 rings (SSSR count). The molecule has 10 heteroatoms. The number of nitrogens with zero attached hydrogens (tertiary/aromatic N) is 7. The highest BCUT2D eigenvalue weighted by Gasteiger charge is 2.27. The van der Waals surface area contributed by atoms with Crippen molar-refractivity contribution in [1.82, 2.24) is 34.7 Å². The predicted molar refractivity (Wildman–Crippen MR) is 122 cm³/mol. The van der Waals surface area contributed by atoms with Crippen molar-refractivity contribution >= 4 is 11.7 Å². The Balaban J connectivity index is 1.27. The van der Waals surface area contributed by atoms with Crippen molar-refractivity contribution in [1.29, 1.82) is 0 Å². The largest absolute Gasteiger partial charge is 0.310 e. The van der Waals surface area contributed by atoms with Crippen LogP contribution in [0.25, 0.3) is 17.2 Å². The maximum Gasteiger partial charge on any atom is 0.259 e. The number of halogens is 1. The Morgan fingerprint density at radius 3 is 2.88 bits per heavy atom. The average Bonchev–Trinajstić information content (AvgIpc) is 3.41. The lowest BCUT2D eigenvalue weighted by Gasteiger charge is -2.14. The minimum atomic E-state index is -0.607. The molecule has 1 aliphatic carbocycles. The van der Waals surface area contributed by atoms with Gasteiger partial charge in [0.2, 0.25) is 0 Å². The van der Waals surface area contributed by atoms with Crippen LogP contribution in [0.3, 0.4) is 0 Å². The van der Waals surface area contributed by atoms with Crippen LogP contribution in [-0.2, 0) is 13.0 Å². The van der Waals surface area contributed by atoms with Gasteiger partial charge in [-0.2, -0.15) is 0 Å². The smallest absolute Gasteiger partial charge is 0.259 e. The molecule has 1 aliphatic heterocycles. The fourth-order valence-electron chi connectivity index (χ4n) is 4.35. The minimum absolute atomic E-state index is 0.0869. The van der Waals surface area contributed by atoms with Gasteiger partial charge in [0.15, 0.2) is 5.82 Å². The third-order valence-electron chi connectivity index (χ3n) is 6.36. The van der Waals surface area contributed by atoms with Crippen LogP contribution >= 0.6 is 0 Å². The maximum atomic E-state index is 14.8.